The molecule has 0 aliphatic carbocycles. The molecule has 0 radical (unpaired) electrons. The van der Waals surface area contributed by atoms with Gasteiger partial charge >= 0.3 is 0 Å². The zero-order chi connectivity index (χ0) is 18.5. The summed E-state index contributed by atoms with van der Waals surface area (Å²) in [5, 5.41) is 12.9. The molecule has 0 amide bonds. The van der Waals surface area contributed by atoms with Crippen LogP contribution in [0.2, 0.25) is 0 Å². The number of nitrogens with zero attached hydrogens (tertiary/aromatic N) is 2. The van der Waals surface area contributed by atoms with Crippen molar-refractivity contribution < 1.29 is 9.47 Å². The van der Waals surface area contributed by atoms with Gasteiger partial charge < -0.3 is 14.8 Å². The maximum Gasteiger partial charge on any atom is 0.233 e. The van der Waals surface area contributed by atoms with Crippen LogP contribution in [0.5, 0.6) is 0 Å². The first kappa shape index (κ1) is 17.2. The maximum absolute atomic E-state index is 9.61. The van der Waals surface area contributed by atoms with Crippen LogP contribution in [0.25, 0.3) is 0 Å². The minimum Gasteiger partial charge on any atom is -0.476 e. The van der Waals surface area contributed by atoms with Gasteiger partial charge in [-0.25, -0.2) is 4.99 Å². The molecule has 1 saturated heterocycles. The molecule has 2 heterocycles. The molecule has 0 spiro atoms. The number of ether oxygens (including phenoxy) is 2. The summed E-state index contributed by atoms with van der Waals surface area (Å²) in [7, 11) is 0. The SMILES string of the molecule is N#C/C(C1=N[C@@H](Cc2ccccc2)CO1)=C1\N[C@@H](Cc2ccccc2)CO1. The number of aliphatic imine (C=N–C) groups is 1. The highest BCUT2D eigenvalue weighted by atomic mass is 16.5. The van der Waals surface area contributed by atoms with Crippen LogP contribution >= 0.6 is 0 Å². The van der Waals surface area contributed by atoms with Crippen molar-refractivity contribution in [3.8, 4) is 6.07 Å². The third-order valence-corrected chi connectivity index (χ3v) is 4.67. The van der Waals surface area contributed by atoms with Crippen molar-refractivity contribution in [2.45, 2.75) is 24.9 Å². The summed E-state index contributed by atoms with van der Waals surface area (Å²) in [6.07, 6.45) is 1.64. The Morgan fingerprint density at radius 3 is 2.30 bits per heavy atom. The molecule has 0 unspecified atom stereocenters. The van der Waals surface area contributed by atoms with E-state index in [2.05, 4.69) is 40.6 Å². The fraction of sp³-hybridized carbons (Fsp3) is 0.273. The van der Waals surface area contributed by atoms with E-state index in [0.29, 0.717) is 30.6 Å². The average Bonchev–Trinajstić information content (AvgIpc) is 3.35. The number of hydrogen-bond donors (Lipinski definition) is 1. The van der Waals surface area contributed by atoms with Gasteiger partial charge in [-0.3, -0.25) is 0 Å². The van der Waals surface area contributed by atoms with Crippen LogP contribution in [0.1, 0.15) is 11.1 Å². The molecule has 2 aromatic carbocycles. The highest BCUT2D eigenvalue weighted by Gasteiger charge is 2.29. The van der Waals surface area contributed by atoms with Crippen LogP contribution in [0, 0.1) is 11.3 Å². The van der Waals surface area contributed by atoms with Crippen LogP contribution in [0.15, 0.2) is 77.1 Å². The van der Waals surface area contributed by atoms with E-state index < -0.39 is 0 Å². The standard InChI is InChI=1S/C22H21N3O2/c23-13-20(21-24-18(14-26-21)11-16-7-3-1-4-8-16)22-25-19(15-27-22)12-17-9-5-2-6-10-17/h1-10,18-19,24H,11-12,14-15H2/b21-20-/t18-,19-/m0/s1. The molecule has 0 bridgehead atoms. The first-order valence-corrected chi connectivity index (χ1v) is 9.14. The smallest absolute Gasteiger partial charge is 0.233 e. The van der Waals surface area contributed by atoms with E-state index in [9.17, 15) is 5.26 Å². The van der Waals surface area contributed by atoms with Crippen LogP contribution in [-0.2, 0) is 22.3 Å². The minimum atomic E-state index is 0.0212. The lowest BCUT2D eigenvalue weighted by molar-refractivity contribution is 0.251. The molecule has 2 aromatic rings. The van der Waals surface area contributed by atoms with E-state index in [1.165, 1.54) is 11.1 Å². The van der Waals surface area contributed by atoms with Crippen LogP contribution in [-0.4, -0.2) is 31.2 Å². The van der Waals surface area contributed by atoms with Gasteiger partial charge in [0, 0.05) is 0 Å². The Kier molecular flexibility index (Phi) is 5.06. The van der Waals surface area contributed by atoms with E-state index in [-0.39, 0.29) is 12.1 Å². The summed E-state index contributed by atoms with van der Waals surface area (Å²) in [6.45, 7) is 1.01. The third-order valence-electron chi connectivity index (χ3n) is 4.67. The first-order chi connectivity index (χ1) is 13.3. The first-order valence-electron chi connectivity index (χ1n) is 9.14. The topological polar surface area (TPSA) is 66.6 Å². The molecular formula is C22H21N3O2. The van der Waals surface area contributed by atoms with E-state index in [4.69, 9.17) is 9.47 Å². The van der Waals surface area contributed by atoms with Crippen molar-refractivity contribution >= 4 is 5.90 Å². The van der Waals surface area contributed by atoms with Gasteiger partial charge in [-0.05, 0) is 24.0 Å². The highest BCUT2D eigenvalue weighted by molar-refractivity contribution is 5.98. The van der Waals surface area contributed by atoms with Crippen LogP contribution in [0.4, 0.5) is 0 Å². The summed E-state index contributed by atoms with van der Waals surface area (Å²) in [5.74, 6) is 0.846. The maximum atomic E-state index is 9.61. The average molecular weight is 359 g/mol. The van der Waals surface area contributed by atoms with Gasteiger partial charge in [-0.15, -0.1) is 0 Å². The number of nitrogens with one attached hydrogen (secondary N) is 1. The molecule has 4 rings (SSSR count). The Hall–Kier alpha value is -3.26. The van der Waals surface area contributed by atoms with Crippen LogP contribution in [0.3, 0.4) is 0 Å². The molecule has 5 heteroatoms. The number of hydrogen-bond acceptors (Lipinski definition) is 5. The van der Waals surface area contributed by atoms with E-state index in [1.807, 2.05) is 36.4 Å². The summed E-state index contributed by atoms with van der Waals surface area (Å²) < 4.78 is 11.4. The Morgan fingerprint density at radius 2 is 1.63 bits per heavy atom. The fourth-order valence-electron chi connectivity index (χ4n) is 3.34. The fourth-order valence-corrected chi connectivity index (χ4v) is 3.34. The second-order valence-electron chi connectivity index (χ2n) is 6.75. The second-order valence-corrected chi connectivity index (χ2v) is 6.75. The lowest BCUT2D eigenvalue weighted by Crippen LogP contribution is -2.26. The normalized spacial score (nSPS) is 22.9. The molecule has 1 fully saturated rings. The molecule has 0 saturated carbocycles. The van der Waals surface area contributed by atoms with Crippen molar-refractivity contribution in [1.29, 1.82) is 5.26 Å². The van der Waals surface area contributed by atoms with Crippen molar-refractivity contribution in [3.05, 3.63) is 83.2 Å². The lowest BCUT2D eigenvalue weighted by atomic mass is 10.1. The zero-order valence-electron chi connectivity index (χ0n) is 15.0. The van der Waals surface area contributed by atoms with E-state index in [0.717, 1.165) is 12.8 Å². The third kappa shape index (κ3) is 4.12. The Balaban J connectivity index is 1.44. The van der Waals surface area contributed by atoms with Crippen molar-refractivity contribution in [2.75, 3.05) is 13.2 Å². The Labute approximate surface area is 159 Å². The van der Waals surface area contributed by atoms with Gasteiger partial charge in [0.2, 0.25) is 11.8 Å². The summed E-state index contributed by atoms with van der Waals surface area (Å²) in [5.41, 5.74) is 2.79. The highest BCUT2D eigenvalue weighted by Crippen LogP contribution is 2.20. The number of benzene rings is 2. The largest absolute Gasteiger partial charge is 0.476 e. The van der Waals surface area contributed by atoms with Gasteiger partial charge in [0.1, 0.15) is 19.3 Å². The van der Waals surface area contributed by atoms with Gasteiger partial charge in [0.15, 0.2) is 5.57 Å². The summed E-state index contributed by atoms with van der Waals surface area (Å²) in [6, 6.07) is 22.8. The quantitative estimate of drug-likeness (QED) is 0.834. The molecule has 2 aliphatic heterocycles. The second kappa shape index (κ2) is 7.96. The summed E-state index contributed by atoms with van der Waals surface area (Å²) in [4.78, 5) is 4.60. The van der Waals surface area contributed by atoms with Crippen molar-refractivity contribution in [2.24, 2.45) is 4.99 Å². The molecule has 0 aromatic heterocycles. The lowest BCUT2D eigenvalue weighted by Gasteiger charge is -2.08. The van der Waals surface area contributed by atoms with Crippen molar-refractivity contribution in [1.82, 2.24) is 5.32 Å². The molecule has 27 heavy (non-hydrogen) atoms. The van der Waals surface area contributed by atoms with Crippen molar-refractivity contribution in [3.63, 3.8) is 0 Å². The van der Waals surface area contributed by atoms with Gasteiger partial charge in [-0.1, -0.05) is 60.7 Å². The number of nitriles is 1. The summed E-state index contributed by atoms with van der Waals surface area (Å²) >= 11 is 0. The van der Waals surface area contributed by atoms with Gasteiger partial charge in [0.05, 0.1) is 12.1 Å². The van der Waals surface area contributed by atoms with E-state index in [1.54, 1.807) is 0 Å². The van der Waals surface area contributed by atoms with Crippen LogP contribution < -0.4 is 5.32 Å². The molecular weight excluding hydrogens is 338 g/mol. The van der Waals surface area contributed by atoms with Gasteiger partial charge in [-0.2, -0.15) is 5.26 Å². The molecule has 2 aliphatic rings. The minimum absolute atomic E-state index is 0.0212. The zero-order valence-corrected chi connectivity index (χ0v) is 15.0. The number of rotatable bonds is 5. The van der Waals surface area contributed by atoms with E-state index >= 15 is 0 Å². The van der Waals surface area contributed by atoms with Gasteiger partial charge in [0.25, 0.3) is 0 Å². The molecule has 5 nitrogen and oxygen atoms in total. The predicted molar refractivity (Wildman–Crippen MR) is 103 cm³/mol. The molecule has 136 valence electrons. The Bertz CT molecular complexity index is 885. The molecule has 2 atom stereocenters. The Morgan fingerprint density at radius 1 is 0.963 bits per heavy atom. The molecule has 1 N–H and O–H groups in total. The monoisotopic (exact) mass is 359 g/mol. The predicted octanol–water partition coefficient (Wildman–Crippen LogP) is 2.99.